The molecule has 156 valence electrons. The summed E-state index contributed by atoms with van der Waals surface area (Å²) in [4.78, 5) is 32.7. The van der Waals surface area contributed by atoms with Gasteiger partial charge in [-0.3, -0.25) is 4.79 Å². The van der Waals surface area contributed by atoms with Crippen molar-refractivity contribution in [3.63, 3.8) is 0 Å². The fraction of sp³-hybridized carbons (Fsp3) is 0.526. The third kappa shape index (κ3) is 8.72. The van der Waals surface area contributed by atoms with Crippen LogP contribution in [0.1, 0.15) is 26.2 Å². The number of carboxylic acid groups (broad SMARTS) is 2. The number of benzene rings is 1. The van der Waals surface area contributed by atoms with Crippen molar-refractivity contribution >= 4 is 23.5 Å². The van der Waals surface area contributed by atoms with Crippen molar-refractivity contribution in [3.05, 3.63) is 18.2 Å². The maximum Gasteiger partial charge on any atom is 0.414 e. The quantitative estimate of drug-likeness (QED) is 0.623. The van der Waals surface area contributed by atoms with Crippen molar-refractivity contribution in [2.75, 3.05) is 39.2 Å². The van der Waals surface area contributed by atoms with E-state index in [4.69, 9.17) is 29.3 Å². The molecule has 28 heavy (non-hydrogen) atoms. The average Bonchev–Trinajstić information content (AvgIpc) is 2.66. The zero-order valence-electron chi connectivity index (χ0n) is 16.4. The predicted octanol–water partition coefficient (Wildman–Crippen LogP) is 1.92. The minimum Gasteiger partial charge on any atom is -0.497 e. The van der Waals surface area contributed by atoms with Crippen LogP contribution in [0.15, 0.2) is 18.2 Å². The van der Waals surface area contributed by atoms with Crippen molar-refractivity contribution in [2.24, 2.45) is 5.92 Å². The number of hydrogen-bond donors (Lipinski definition) is 3. The van der Waals surface area contributed by atoms with Gasteiger partial charge in [0.05, 0.1) is 14.2 Å². The molecule has 0 aromatic heterocycles. The van der Waals surface area contributed by atoms with Crippen LogP contribution in [0, 0.1) is 5.92 Å². The maximum absolute atomic E-state index is 12.1. The van der Waals surface area contributed by atoms with E-state index in [9.17, 15) is 4.79 Å². The number of aliphatic carboxylic acids is 2. The summed E-state index contributed by atoms with van der Waals surface area (Å²) in [7, 11) is 3.19. The molecule has 1 aromatic carbocycles. The predicted molar refractivity (Wildman–Crippen MR) is 103 cm³/mol. The van der Waals surface area contributed by atoms with Crippen molar-refractivity contribution in [2.45, 2.75) is 26.2 Å². The zero-order chi connectivity index (χ0) is 21.1. The molecule has 1 saturated heterocycles. The Labute approximate surface area is 164 Å². The van der Waals surface area contributed by atoms with Gasteiger partial charge in [0.2, 0.25) is 5.91 Å². The number of piperidine rings is 1. The Morgan fingerprint density at radius 3 is 2.14 bits per heavy atom. The molecule has 0 saturated carbocycles. The van der Waals surface area contributed by atoms with E-state index in [1.807, 2.05) is 0 Å². The number of rotatable bonds is 6. The van der Waals surface area contributed by atoms with Crippen LogP contribution in [0.4, 0.5) is 5.69 Å². The van der Waals surface area contributed by atoms with Crippen molar-refractivity contribution < 1.29 is 34.1 Å². The van der Waals surface area contributed by atoms with Crippen LogP contribution < -0.4 is 14.8 Å². The van der Waals surface area contributed by atoms with E-state index in [0.29, 0.717) is 23.6 Å². The van der Waals surface area contributed by atoms with Crippen molar-refractivity contribution in [1.29, 1.82) is 0 Å². The fourth-order valence-corrected chi connectivity index (χ4v) is 2.85. The van der Waals surface area contributed by atoms with Gasteiger partial charge in [0.1, 0.15) is 11.5 Å². The molecule has 1 amide bonds. The molecule has 1 fully saturated rings. The number of amides is 1. The summed E-state index contributed by atoms with van der Waals surface area (Å²) in [6.07, 6.45) is 3.04. The van der Waals surface area contributed by atoms with Gasteiger partial charge in [0.25, 0.3) is 0 Å². The van der Waals surface area contributed by atoms with Gasteiger partial charge in [-0.2, -0.15) is 0 Å². The third-order valence-corrected chi connectivity index (χ3v) is 4.21. The molecule has 2 rings (SSSR count). The second kappa shape index (κ2) is 11.8. The lowest BCUT2D eigenvalue weighted by Gasteiger charge is -2.30. The number of nitrogens with zero attached hydrogens (tertiary/aromatic N) is 1. The van der Waals surface area contributed by atoms with Crippen molar-refractivity contribution in [3.8, 4) is 11.5 Å². The molecule has 0 spiro atoms. The maximum atomic E-state index is 12.1. The largest absolute Gasteiger partial charge is 0.497 e. The first-order valence-electron chi connectivity index (χ1n) is 8.96. The normalized spacial score (nSPS) is 16.3. The van der Waals surface area contributed by atoms with Crippen LogP contribution in [0.25, 0.3) is 0 Å². The number of carbonyl (C=O) groups is 3. The first-order valence-corrected chi connectivity index (χ1v) is 8.96. The number of carboxylic acids is 2. The Morgan fingerprint density at radius 2 is 1.68 bits per heavy atom. The molecular formula is C19H28N2O7. The van der Waals surface area contributed by atoms with Gasteiger partial charge in [0.15, 0.2) is 0 Å². The molecule has 9 heteroatoms. The summed E-state index contributed by atoms with van der Waals surface area (Å²) in [6, 6.07) is 5.37. The molecule has 1 heterocycles. The number of carbonyl (C=O) groups excluding carboxylic acids is 1. The van der Waals surface area contributed by atoms with Crippen LogP contribution in [0.2, 0.25) is 0 Å². The van der Waals surface area contributed by atoms with Gasteiger partial charge < -0.3 is 29.9 Å². The summed E-state index contributed by atoms with van der Waals surface area (Å²) < 4.78 is 10.4. The van der Waals surface area contributed by atoms with Gasteiger partial charge in [-0.15, -0.1) is 0 Å². The Kier molecular flexibility index (Phi) is 9.80. The summed E-state index contributed by atoms with van der Waals surface area (Å²) in [5, 5.41) is 17.7. The lowest BCUT2D eigenvalue weighted by atomic mass is 10.0. The molecule has 1 aromatic rings. The molecule has 3 N–H and O–H groups in total. The number of ether oxygens (including phenoxy) is 2. The van der Waals surface area contributed by atoms with E-state index >= 15 is 0 Å². The first kappa shape index (κ1) is 23.2. The van der Waals surface area contributed by atoms with Gasteiger partial charge in [-0.05, 0) is 25.3 Å². The van der Waals surface area contributed by atoms with Gasteiger partial charge in [0, 0.05) is 43.4 Å². The molecular weight excluding hydrogens is 368 g/mol. The lowest BCUT2D eigenvalue weighted by molar-refractivity contribution is -0.159. The topological polar surface area (TPSA) is 125 Å². The summed E-state index contributed by atoms with van der Waals surface area (Å²) >= 11 is 0. The summed E-state index contributed by atoms with van der Waals surface area (Å²) in [5.41, 5.74) is 0.702. The lowest BCUT2D eigenvalue weighted by Crippen LogP contribution is -2.36. The number of anilines is 1. The number of likely N-dealkylation sites (tertiary alicyclic amines) is 1. The Hall–Kier alpha value is -2.81. The number of nitrogens with one attached hydrogen (secondary N) is 1. The molecule has 1 aliphatic rings. The molecule has 0 bridgehead atoms. The highest BCUT2D eigenvalue weighted by atomic mass is 16.5. The highest BCUT2D eigenvalue weighted by Crippen LogP contribution is 2.25. The zero-order valence-corrected chi connectivity index (χ0v) is 16.4. The van der Waals surface area contributed by atoms with E-state index in [1.165, 1.54) is 12.8 Å². The highest BCUT2D eigenvalue weighted by Gasteiger charge is 2.17. The summed E-state index contributed by atoms with van der Waals surface area (Å²) in [5.74, 6) is -1.56. The molecule has 0 aliphatic carbocycles. The monoisotopic (exact) mass is 396 g/mol. The third-order valence-electron chi connectivity index (χ3n) is 4.21. The second-order valence-corrected chi connectivity index (χ2v) is 6.56. The van der Waals surface area contributed by atoms with Gasteiger partial charge >= 0.3 is 11.9 Å². The SMILES string of the molecule is COc1cc(NC(=O)CCN2CCCC(C)C2)cc(OC)c1.O=C(O)C(=O)O. The second-order valence-electron chi connectivity index (χ2n) is 6.56. The summed E-state index contributed by atoms with van der Waals surface area (Å²) in [6.45, 7) is 5.29. The molecule has 1 atom stereocenters. The number of hydrogen-bond acceptors (Lipinski definition) is 6. The van der Waals surface area contributed by atoms with Gasteiger partial charge in [-0.25, -0.2) is 9.59 Å². The average molecular weight is 396 g/mol. The Bertz CT molecular complexity index is 644. The fourth-order valence-electron chi connectivity index (χ4n) is 2.85. The van der Waals surface area contributed by atoms with Crippen LogP contribution in [-0.4, -0.2) is 66.8 Å². The van der Waals surface area contributed by atoms with Crippen molar-refractivity contribution in [1.82, 2.24) is 4.90 Å². The highest BCUT2D eigenvalue weighted by molar-refractivity contribution is 6.27. The molecule has 9 nitrogen and oxygen atoms in total. The van der Waals surface area contributed by atoms with Crippen LogP contribution in [-0.2, 0) is 14.4 Å². The minimum atomic E-state index is -1.82. The van der Waals surface area contributed by atoms with Crippen LogP contribution in [0.3, 0.4) is 0 Å². The Balaban J connectivity index is 0.000000568. The van der Waals surface area contributed by atoms with E-state index in [2.05, 4.69) is 17.1 Å². The number of methoxy groups -OCH3 is 2. The Morgan fingerprint density at radius 1 is 1.11 bits per heavy atom. The van der Waals surface area contributed by atoms with Crippen LogP contribution >= 0.6 is 0 Å². The smallest absolute Gasteiger partial charge is 0.414 e. The molecule has 1 aliphatic heterocycles. The van der Waals surface area contributed by atoms with E-state index in [0.717, 1.165) is 25.6 Å². The minimum absolute atomic E-state index is 0.0218. The van der Waals surface area contributed by atoms with E-state index in [-0.39, 0.29) is 5.91 Å². The molecule has 1 unspecified atom stereocenters. The van der Waals surface area contributed by atoms with Gasteiger partial charge in [-0.1, -0.05) is 6.92 Å². The standard InChI is InChI=1S/C17H26N2O3.C2H2O4/c1-13-5-4-7-19(12-13)8-6-17(20)18-14-9-15(21-2)11-16(10-14)22-3;3-1(4)2(5)6/h9-11,13H,4-8,12H2,1-3H3,(H,18,20);(H,3,4)(H,5,6). The van der Waals surface area contributed by atoms with E-state index in [1.54, 1.807) is 32.4 Å². The molecule has 0 radical (unpaired) electrons. The first-order chi connectivity index (χ1) is 13.2. The van der Waals surface area contributed by atoms with E-state index < -0.39 is 11.9 Å². The van der Waals surface area contributed by atoms with Crippen LogP contribution in [0.5, 0.6) is 11.5 Å².